The molecule has 0 bridgehead atoms. The molecule has 1 unspecified atom stereocenters. The predicted molar refractivity (Wildman–Crippen MR) is 77.6 cm³/mol. The van der Waals surface area contributed by atoms with E-state index in [1.807, 2.05) is 24.6 Å². The zero-order valence-corrected chi connectivity index (χ0v) is 12.4. The molecule has 0 aliphatic carbocycles. The van der Waals surface area contributed by atoms with Gasteiger partial charge in [-0.25, -0.2) is 4.98 Å². The van der Waals surface area contributed by atoms with Gasteiger partial charge in [0, 0.05) is 22.7 Å². The summed E-state index contributed by atoms with van der Waals surface area (Å²) in [6.45, 7) is 3.14. The van der Waals surface area contributed by atoms with Crippen molar-refractivity contribution in [2.75, 3.05) is 13.2 Å². The molecule has 18 heavy (non-hydrogen) atoms. The first-order chi connectivity index (χ1) is 8.70. The molecule has 0 radical (unpaired) electrons. The number of hydrogen-bond donors (Lipinski definition) is 1. The summed E-state index contributed by atoms with van der Waals surface area (Å²) in [4.78, 5) is 6.58. The summed E-state index contributed by atoms with van der Waals surface area (Å²) < 4.78 is 6.59. The second-order valence-electron chi connectivity index (χ2n) is 3.85. The Morgan fingerprint density at radius 2 is 2.33 bits per heavy atom. The largest absolute Gasteiger partial charge is 0.371 e. The van der Waals surface area contributed by atoms with Crippen LogP contribution in [0.15, 0.2) is 17.6 Å². The Morgan fingerprint density at radius 1 is 1.50 bits per heavy atom. The van der Waals surface area contributed by atoms with Gasteiger partial charge >= 0.3 is 0 Å². The Balaban J connectivity index is 1.86. The number of thiophene rings is 1. The van der Waals surface area contributed by atoms with E-state index >= 15 is 0 Å². The summed E-state index contributed by atoms with van der Waals surface area (Å²) >= 11 is 9.10. The van der Waals surface area contributed by atoms with Gasteiger partial charge in [0.05, 0.1) is 22.1 Å². The highest BCUT2D eigenvalue weighted by Crippen LogP contribution is 2.28. The Labute approximate surface area is 120 Å². The van der Waals surface area contributed by atoms with Crippen LogP contribution in [0.5, 0.6) is 0 Å². The van der Waals surface area contributed by atoms with Gasteiger partial charge in [-0.05, 0) is 19.1 Å². The van der Waals surface area contributed by atoms with Crippen LogP contribution in [-0.2, 0) is 11.2 Å². The predicted octanol–water partition coefficient (Wildman–Crippen LogP) is 3.43. The van der Waals surface area contributed by atoms with Gasteiger partial charge in [-0.2, -0.15) is 0 Å². The number of rotatable bonds is 6. The third kappa shape index (κ3) is 3.52. The molecule has 3 nitrogen and oxygen atoms in total. The standard InChI is InChI=1S/C12H15ClN2OS2/c1-8-10(17-7-15-8)4-5-16-9(6-14)11-2-3-12(13)18-11/h2-3,7,9H,4-6,14H2,1H3. The minimum absolute atomic E-state index is 0.0595. The SMILES string of the molecule is Cc1ncsc1CCOC(CN)c1ccc(Cl)s1. The van der Waals surface area contributed by atoms with Gasteiger partial charge in [-0.3, -0.25) is 0 Å². The monoisotopic (exact) mass is 302 g/mol. The van der Waals surface area contributed by atoms with Crippen LogP contribution in [0.1, 0.15) is 21.6 Å². The summed E-state index contributed by atoms with van der Waals surface area (Å²) in [6, 6.07) is 3.85. The number of aromatic nitrogens is 1. The van der Waals surface area contributed by atoms with Crippen molar-refractivity contribution < 1.29 is 4.74 Å². The number of halogens is 1. The average Bonchev–Trinajstić information content (AvgIpc) is 2.94. The quantitative estimate of drug-likeness (QED) is 0.889. The van der Waals surface area contributed by atoms with Crippen LogP contribution in [-0.4, -0.2) is 18.1 Å². The summed E-state index contributed by atoms with van der Waals surface area (Å²) in [5.41, 5.74) is 8.69. The zero-order chi connectivity index (χ0) is 13.0. The third-order valence-corrected chi connectivity index (χ3v) is 4.94. The molecule has 0 saturated heterocycles. The molecule has 6 heteroatoms. The number of nitrogens with two attached hydrogens (primary N) is 1. The van der Waals surface area contributed by atoms with E-state index in [4.69, 9.17) is 22.1 Å². The van der Waals surface area contributed by atoms with Crippen molar-refractivity contribution in [1.29, 1.82) is 0 Å². The lowest BCUT2D eigenvalue weighted by atomic mass is 10.3. The molecule has 1 atom stereocenters. The minimum atomic E-state index is -0.0595. The Bertz CT molecular complexity index is 498. The van der Waals surface area contributed by atoms with Gasteiger partial charge in [0.2, 0.25) is 0 Å². The Hall–Kier alpha value is -0.460. The molecule has 2 aromatic heterocycles. The van der Waals surface area contributed by atoms with Crippen LogP contribution >= 0.6 is 34.3 Å². The fourth-order valence-corrected chi connectivity index (χ4v) is 3.51. The lowest BCUT2D eigenvalue weighted by Crippen LogP contribution is -2.16. The van der Waals surface area contributed by atoms with Crippen LogP contribution < -0.4 is 5.73 Å². The molecule has 2 rings (SSSR count). The van der Waals surface area contributed by atoms with Gasteiger partial charge in [-0.15, -0.1) is 22.7 Å². The zero-order valence-electron chi connectivity index (χ0n) is 10.1. The van der Waals surface area contributed by atoms with Gasteiger partial charge < -0.3 is 10.5 Å². The van der Waals surface area contributed by atoms with Gasteiger partial charge in [-0.1, -0.05) is 11.6 Å². The summed E-state index contributed by atoms with van der Waals surface area (Å²) in [5, 5.41) is 0. The summed E-state index contributed by atoms with van der Waals surface area (Å²) in [5.74, 6) is 0. The Morgan fingerprint density at radius 3 is 2.89 bits per heavy atom. The average molecular weight is 303 g/mol. The molecule has 0 aliphatic heterocycles. The van der Waals surface area contributed by atoms with Crippen molar-refractivity contribution in [3.05, 3.63) is 37.4 Å². The lowest BCUT2D eigenvalue weighted by Gasteiger charge is -2.14. The van der Waals surface area contributed by atoms with E-state index in [0.717, 1.165) is 21.3 Å². The minimum Gasteiger partial charge on any atom is -0.371 e. The first kappa shape index (κ1) is 14.0. The molecule has 0 spiro atoms. The van der Waals surface area contributed by atoms with Crippen LogP contribution in [0.2, 0.25) is 4.34 Å². The van der Waals surface area contributed by atoms with E-state index in [2.05, 4.69) is 4.98 Å². The van der Waals surface area contributed by atoms with Crippen LogP contribution in [0.3, 0.4) is 0 Å². The number of thiazole rings is 1. The van der Waals surface area contributed by atoms with E-state index in [1.54, 1.807) is 11.3 Å². The normalized spacial score (nSPS) is 12.8. The van der Waals surface area contributed by atoms with Crippen molar-refractivity contribution in [2.45, 2.75) is 19.4 Å². The molecule has 2 N–H and O–H groups in total. The highest BCUT2D eigenvalue weighted by Gasteiger charge is 2.13. The van der Waals surface area contributed by atoms with Gasteiger partial charge in [0.25, 0.3) is 0 Å². The number of aryl methyl sites for hydroxylation is 1. The van der Waals surface area contributed by atoms with Crippen molar-refractivity contribution in [3.8, 4) is 0 Å². The van der Waals surface area contributed by atoms with Crippen LogP contribution in [0, 0.1) is 6.92 Å². The molecular weight excluding hydrogens is 288 g/mol. The lowest BCUT2D eigenvalue weighted by molar-refractivity contribution is 0.0636. The first-order valence-corrected chi connectivity index (χ1v) is 7.74. The van der Waals surface area contributed by atoms with E-state index in [1.165, 1.54) is 16.2 Å². The fraction of sp³-hybridized carbons (Fsp3) is 0.417. The van der Waals surface area contributed by atoms with Crippen LogP contribution in [0.4, 0.5) is 0 Å². The maximum atomic E-state index is 5.91. The van der Waals surface area contributed by atoms with E-state index < -0.39 is 0 Å². The summed E-state index contributed by atoms with van der Waals surface area (Å²) in [7, 11) is 0. The number of nitrogens with zero attached hydrogens (tertiary/aromatic N) is 1. The highest BCUT2D eigenvalue weighted by atomic mass is 35.5. The molecular formula is C12H15ClN2OS2. The second-order valence-corrected chi connectivity index (χ2v) is 6.53. The molecule has 0 aliphatic rings. The fourth-order valence-electron chi connectivity index (χ4n) is 1.63. The highest BCUT2D eigenvalue weighted by molar-refractivity contribution is 7.16. The number of hydrogen-bond acceptors (Lipinski definition) is 5. The van der Waals surface area contributed by atoms with Crippen molar-refractivity contribution in [1.82, 2.24) is 4.98 Å². The second kappa shape index (κ2) is 6.63. The van der Waals surface area contributed by atoms with Crippen LogP contribution in [0.25, 0.3) is 0 Å². The van der Waals surface area contributed by atoms with Crippen molar-refractivity contribution >= 4 is 34.3 Å². The van der Waals surface area contributed by atoms with E-state index in [0.29, 0.717) is 13.2 Å². The maximum absolute atomic E-state index is 5.91. The topological polar surface area (TPSA) is 48.1 Å². The molecule has 2 heterocycles. The molecule has 98 valence electrons. The molecule has 0 saturated carbocycles. The third-order valence-electron chi connectivity index (χ3n) is 2.62. The summed E-state index contributed by atoms with van der Waals surface area (Å²) in [6.07, 6.45) is 0.822. The van der Waals surface area contributed by atoms with Crippen molar-refractivity contribution in [3.63, 3.8) is 0 Å². The van der Waals surface area contributed by atoms with E-state index in [-0.39, 0.29) is 6.10 Å². The Kier molecular flexibility index (Phi) is 5.14. The van der Waals surface area contributed by atoms with Gasteiger partial charge in [0.15, 0.2) is 0 Å². The molecule has 0 aromatic carbocycles. The van der Waals surface area contributed by atoms with Crippen molar-refractivity contribution in [2.24, 2.45) is 5.73 Å². The van der Waals surface area contributed by atoms with Gasteiger partial charge in [0.1, 0.15) is 6.10 Å². The van der Waals surface area contributed by atoms with E-state index in [9.17, 15) is 0 Å². The molecule has 0 fully saturated rings. The molecule has 0 amide bonds. The molecule has 2 aromatic rings. The number of ether oxygens (including phenoxy) is 1. The smallest absolute Gasteiger partial charge is 0.104 e. The maximum Gasteiger partial charge on any atom is 0.104 e. The first-order valence-electron chi connectivity index (χ1n) is 5.66.